The Hall–Kier alpha value is -1.00. The first-order valence-corrected chi connectivity index (χ1v) is 2.96. The highest BCUT2D eigenvalue weighted by Crippen LogP contribution is 2.08. The highest BCUT2D eigenvalue weighted by atomic mass is 31.1. The molecule has 0 amide bonds. The molecule has 0 aromatic carbocycles. The van der Waals surface area contributed by atoms with Crippen LogP contribution in [-0.4, -0.2) is 17.0 Å². The molecular formula is C2H3NO5P+. The summed E-state index contributed by atoms with van der Waals surface area (Å²) >= 11 is 0. The van der Waals surface area contributed by atoms with E-state index in [2.05, 4.69) is 10.0 Å². The third kappa shape index (κ3) is 3.57. The van der Waals surface area contributed by atoms with Gasteiger partial charge < -0.3 is 5.11 Å². The molecule has 3 N–H and O–H groups in total. The summed E-state index contributed by atoms with van der Waals surface area (Å²) in [4.78, 5) is 19.4. The van der Waals surface area contributed by atoms with Crippen LogP contribution in [0.25, 0.3) is 0 Å². The molecule has 0 aliphatic rings. The van der Waals surface area contributed by atoms with Gasteiger partial charge in [-0.2, -0.15) is 4.52 Å². The number of carboxylic acids is 1. The van der Waals surface area contributed by atoms with E-state index in [1.807, 2.05) is 0 Å². The summed E-state index contributed by atoms with van der Waals surface area (Å²) in [6.45, 7) is 0. The topological polar surface area (TPSA) is 107 Å². The van der Waals surface area contributed by atoms with Crippen molar-refractivity contribution < 1.29 is 23.8 Å². The maximum atomic E-state index is 9.87. The largest absolute Gasteiger partial charge is 0.664 e. The summed E-state index contributed by atoms with van der Waals surface area (Å²) < 4.78 is 13.3. The van der Waals surface area contributed by atoms with E-state index in [1.54, 1.807) is 0 Å². The van der Waals surface area contributed by atoms with Gasteiger partial charge in [-0.3, -0.25) is 0 Å². The van der Waals surface area contributed by atoms with Crippen LogP contribution in [0.15, 0.2) is 0 Å². The van der Waals surface area contributed by atoms with Crippen LogP contribution in [-0.2, 0) is 18.7 Å². The van der Waals surface area contributed by atoms with E-state index in [9.17, 15) is 14.2 Å². The monoisotopic (exact) mass is 152 g/mol. The van der Waals surface area contributed by atoms with Gasteiger partial charge in [0.2, 0.25) is 0 Å². The number of hydrogen-bond donors (Lipinski definition) is 2. The zero-order valence-corrected chi connectivity index (χ0v) is 5.00. The second-order valence-electron chi connectivity index (χ2n) is 0.969. The molecule has 0 aromatic rings. The summed E-state index contributed by atoms with van der Waals surface area (Å²) in [7, 11) is -2.65. The Morgan fingerprint density at radius 3 is 2.11 bits per heavy atom. The normalized spacial score (nSPS) is 10.1. The predicted octanol–water partition coefficient (Wildman–Crippen LogP) is -0.770. The Balaban J connectivity index is 3.79. The summed E-state index contributed by atoms with van der Waals surface area (Å²) in [5, 5.41) is 7.77. The molecule has 0 saturated carbocycles. The number of hydrogen-bond acceptors (Lipinski definition) is 4. The number of rotatable bonds is 1. The van der Waals surface area contributed by atoms with Crippen molar-refractivity contribution in [2.45, 2.75) is 0 Å². The van der Waals surface area contributed by atoms with Gasteiger partial charge >= 0.3 is 20.1 Å². The van der Waals surface area contributed by atoms with E-state index in [0.29, 0.717) is 0 Å². The van der Waals surface area contributed by atoms with E-state index < -0.39 is 20.1 Å². The Morgan fingerprint density at radius 1 is 1.56 bits per heavy atom. The molecule has 0 bridgehead atoms. The SMILES string of the molecule is N[P+](=O)OC(=O)C(=O)O. The Morgan fingerprint density at radius 2 is 2.00 bits per heavy atom. The molecule has 9 heavy (non-hydrogen) atoms. The highest BCUT2D eigenvalue weighted by molar-refractivity contribution is 7.37. The zero-order chi connectivity index (χ0) is 7.44. The molecule has 1 atom stereocenters. The lowest BCUT2D eigenvalue weighted by Gasteiger charge is -1.78. The van der Waals surface area contributed by atoms with E-state index >= 15 is 0 Å². The molecule has 6 nitrogen and oxygen atoms in total. The molecule has 0 radical (unpaired) electrons. The summed E-state index contributed by atoms with van der Waals surface area (Å²) in [6, 6.07) is 0. The molecule has 0 rings (SSSR count). The minimum Gasteiger partial charge on any atom is -0.473 e. The van der Waals surface area contributed by atoms with Crippen molar-refractivity contribution >= 4 is 20.1 Å². The molecule has 50 valence electrons. The predicted molar refractivity (Wildman–Crippen MR) is 25.5 cm³/mol. The number of carboxylic acid groups (broad SMARTS) is 1. The second kappa shape index (κ2) is 3.11. The molecule has 0 heterocycles. The van der Waals surface area contributed by atoms with Crippen LogP contribution in [0.4, 0.5) is 0 Å². The van der Waals surface area contributed by atoms with Crippen LogP contribution in [0.5, 0.6) is 0 Å². The molecule has 1 unspecified atom stereocenters. The van der Waals surface area contributed by atoms with Crippen LogP contribution in [0.2, 0.25) is 0 Å². The van der Waals surface area contributed by atoms with Crippen LogP contribution < -0.4 is 5.50 Å². The van der Waals surface area contributed by atoms with Gasteiger partial charge in [-0.25, -0.2) is 9.59 Å². The number of carbonyl (C=O) groups is 2. The van der Waals surface area contributed by atoms with Gasteiger partial charge in [0, 0.05) is 4.57 Å². The standard InChI is InChI=1S/C2H2NO5P/c3-9(7)8-2(6)1(4)5/h(H2-,3,4,5,7)/p+1. The van der Waals surface area contributed by atoms with Crippen LogP contribution in [0, 0.1) is 0 Å². The Bertz CT molecular complexity index is 164. The lowest BCUT2D eigenvalue weighted by atomic mass is 10.7. The molecule has 0 aliphatic carbocycles. The molecular weight excluding hydrogens is 149 g/mol. The fraction of sp³-hybridized carbons (Fsp3) is 0. The lowest BCUT2D eigenvalue weighted by Crippen LogP contribution is -2.13. The quantitative estimate of drug-likeness (QED) is 0.377. The van der Waals surface area contributed by atoms with Crippen molar-refractivity contribution in [1.29, 1.82) is 0 Å². The molecule has 7 heteroatoms. The summed E-state index contributed by atoms with van der Waals surface area (Å²) in [6.07, 6.45) is 0. The first-order chi connectivity index (χ1) is 4.04. The van der Waals surface area contributed by atoms with Crippen LogP contribution in [0.1, 0.15) is 0 Å². The third-order valence-electron chi connectivity index (χ3n) is 0.348. The van der Waals surface area contributed by atoms with Crippen molar-refractivity contribution in [2.24, 2.45) is 5.50 Å². The number of nitrogens with two attached hydrogens (primary N) is 1. The number of carbonyl (C=O) groups excluding carboxylic acids is 1. The lowest BCUT2D eigenvalue weighted by molar-refractivity contribution is -0.157. The first-order valence-electron chi connectivity index (χ1n) is 1.71. The average Bonchev–Trinajstić information content (AvgIpc) is 1.63. The highest BCUT2D eigenvalue weighted by Gasteiger charge is 2.24. The molecule has 0 saturated heterocycles. The van der Waals surface area contributed by atoms with Gasteiger partial charge in [-0.05, 0) is 0 Å². The van der Waals surface area contributed by atoms with Crippen molar-refractivity contribution in [3.05, 3.63) is 0 Å². The first kappa shape index (κ1) is 8.00. The smallest absolute Gasteiger partial charge is 0.473 e. The fourth-order valence-corrected chi connectivity index (χ4v) is 0.362. The Labute approximate surface area is 50.5 Å². The second-order valence-corrected chi connectivity index (χ2v) is 1.72. The third-order valence-corrected chi connectivity index (χ3v) is 0.693. The van der Waals surface area contributed by atoms with Gasteiger partial charge in [0.05, 0.1) is 0 Å². The molecule has 0 aromatic heterocycles. The van der Waals surface area contributed by atoms with Crippen molar-refractivity contribution in [3.8, 4) is 0 Å². The van der Waals surface area contributed by atoms with Gasteiger partial charge in [0.25, 0.3) is 0 Å². The Kier molecular flexibility index (Phi) is 2.77. The minimum atomic E-state index is -2.65. The van der Waals surface area contributed by atoms with Gasteiger partial charge in [0.1, 0.15) is 0 Å². The molecule has 0 fully saturated rings. The average molecular weight is 152 g/mol. The van der Waals surface area contributed by atoms with E-state index in [-0.39, 0.29) is 0 Å². The summed E-state index contributed by atoms with van der Waals surface area (Å²) in [5.74, 6) is -3.43. The van der Waals surface area contributed by atoms with E-state index in [1.165, 1.54) is 0 Å². The van der Waals surface area contributed by atoms with Crippen molar-refractivity contribution in [3.63, 3.8) is 0 Å². The zero-order valence-electron chi connectivity index (χ0n) is 4.10. The van der Waals surface area contributed by atoms with Crippen molar-refractivity contribution in [1.82, 2.24) is 0 Å². The van der Waals surface area contributed by atoms with E-state index in [4.69, 9.17) is 5.11 Å². The van der Waals surface area contributed by atoms with Gasteiger partial charge in [0.15, 0.2) is 0 Å². The van der Waals surface area contributed by atoms with Gasteiger partial charge in [-0.1, -0.05) is 5.50 Å². The maximum absolute atomic E-state index is 9.87. The van der Waals surface area contributed by atoms with E-state index in [0.717, 1.165) is 0 Å². The fourth-order valence-electron chi connectivity index (χ4n) is 0.121. The van der Waals surface area contributed by atoms with Gasteiger partial charge in [-0.15, -0.1) is 0 Å². The molecule has 0 spiro atoms. The van der Waals surface area contributed by atoms with Crippen LogP contribution in [0.3, 0.4) is 0 Å². The minimum absolute atomic E-state index is 1.61. The summed E-state index contributed by atoms with van der Waals surface area (Å²) in [5.41, 5.74) is 4.43. The number of aliphatic carboxylic acids is 1. The van der Waals surface area contributed by atoms with Crippen LogP contribution >= 0.6 is 8.18 Å². The van der Waals surface area contributed by atoms with Crippen molar-refractivity contribution in [2.75, 3.05) is 0 Å². The molecule has 0 aliphatic heterocycles. The maximum Gasteiger partial charge on any atom is 0.664 e.